The minimum absolute atomic E-state index is 0.114. The summed E-state index contributed by atoms with van der Waals surface area (Å²) in [7, 11) is 0. The van der Waals surface area contributed by atoms with E-state index in [4.69, 9.17) is 10.00 Å². The number of ether oxygens (including phenoxy) is 1. The van der Waals surface area contributed by atoms with Crippen molar-refractivity contribution < 1.29 is 14.3 Å². The van der Waals surface area contributed by atoms with Crippen molar-refractivity contribution in [2.75, 3.05) is 6.61 Å². The van der Waals surface area contributed by atoms with Gasteiger partial charge in [0.25, 0.3) is 0 Å². The first-order valence-electron chi connectivity index (χ1n) is 6.64. The van der Waals surface area contributed by atoms with Crippen molar-refractivity contribution in [3.05, 3.63) is 35.4 Å². The SMILES string of the molecule is CC(C)COC(=O)[C@H](C)CC(=O)c1ccc(C#N)cc1. The van der Waals surface area contributed by atoms with Gasteiger partial charge >= 0.3 is 5.97 Å². The Kier molecular flexibility index (Phi) is 5.92. The van der Waals surface area contributed by atoms with Gasteiger partial charge in [-0.15, -0.1) is 0 Å². The lowest BCUT2D eigenvalue weighted by Gasteiger charge is -2.12. The summed E-state index contributed by atoms with van der Waals surface area (Å²) in [4.78, 5) is 23.7. The van der Waals surface area contributed by atoms with Gasteiger partial charge < -0.3 is 4.74 Å². The molecule has 4 heteroatoms. The van der Waals surface area contributed by atoms with Crippen LogP contribution >= 0.6 is 0 Å². The van der Waals surface area contributed by atoms with Crippen LogP contribution in [-0.2, 0) is 9.53 Å². The maximum Gasteiger partial charge on any atom is 0.309 e. The number of hydrogen-bond acceptors (Lipinski definition) is 4. The number of carbonyl (C=O) groups is 2. The van der Waals surface area contributed by atoms with Gasteiger partial charge in [-0.1, -0.05) is 32.9 Å². The van der Waals surface area contributed by atoms with E-state index in [-0.39, 0.29) is 24.1 Å². The van der Waals surface area contributed by atoms with E-state index in [1.165, 1.54) is 0 Å². The van der Waals surface area contributed by atoms with Gasteiger partial charge in [0.1, 0.15) is 0 Å². The number of benzene rings is 1. The first-order chi connectivity index (χ1) is 9.43. The molecule has 0 radical (unpaired) electrons. The number of nitrogens with zero attached hydrogens (tertiary/aromatic N) is 1. The lowest BCUT2D eigenvalue weighted by Crippen LogP contribution is -2.20. The Balaban J connectivity index is 2.56. The van der Waals surface area contributed by atoms with Crippen LogP contribution in [0.4, 0.5) is 0 Å². The minimum atomic E-state index is -0.461. The maximum absolute atomic E-state index is 12.0. The Morgan fingerprint density at radius 3 is 2.30 bits per heavy atom. The van der Waals surface area contributed by atoms with E-state index < -0.39 is 5.92 Å². The monoisotopic (exact) mass is 273 g/mol. The molecule has 0 aromatic heterocycles. The third-order valence-corrected chi connectivity index (χ3v) is 2.79. The molecule has 0 amide bonds. The standard InChI is InChI=1S/C16H19NO3/c1-11(2)10-20-16(19)12(3)8-15(18)14-6-4-13(9-17)5-7-14/h4-7,11-12H,8,10H2,1-3H3/t12-/m1/s1. The van der Waals surface area contributed by atoms with Gasteiger partial charge in [-0.25, -0.2) is 0 Å². The van der Waals surface area contributed by atoms with Crippen molar-refractivity contribution in [1.29, 1.82) is 5.26 Å². The number of esters is 1. The van der Waals surface area contributed by atoms with Crippen molar-refractivity contribution in [3.63, 3.8) is 0 Å². The van der Waals surface area contributed by atoms with E-state index in [2.05, 4.69) is 0 Å². The average molecular weight is 273 g/mol. The molecular formula is C16H19NO3. The van der Waals surface area contributed by atoms with Crippen molar-refractivity contribution >= 4 is 11.8 Å². The zero-order valence-corrected chi connectivity index (χ0v) is 12.1. The minimum Gasteiger partial charge on any atom is -0.465 e. The Bertz CT molecular complexity index is 512. The van der Waals surface area contributed by atoms with E-state index in [9.17, 15) is 9.59 Å². The van der Waals surface area contributed by atoms with Crippen LogP contribution in [0, 0.1) is 23.2 Å². The molecule has 0 saturated heterocycles. The summed E-state index contributed by atoms with van der Waals surface area (Å²) >= 11 is 0. The van der Waals surface area contributed by atoms with E-state index in [1.54, 1.807) is 31.2 Å². The highest BCUT2D eigenvalue weighted by atomic mass is 16.5. The van der Waals surface area contributed by atoms with E-state index in [1.807, 2.05) is 19.9 Å². The Morgan fingerprint density at radius 1 is 1.20 bits per heavy atom. The molecule has 4 nitrogen and oxygen atoms in total. The third kappa shape index (κ3) is 4.85. The number of hydrogen-bond donors (Lipinski definition) is 0. The van der Waals surface area contributed by atoms with Crippen LogP contribution in [0.5, 0.6) is 0 Å². The third-order valence-electron chi connectivity index (χ3n) is 2.79. The second-order valence-electron chi connectivity index (χ2n) is 5.24. The van der Waals surface area contributed by atoms with Gasteiger partial charge in [0.15, 0.2) is 5.78 Å². The first kappa shape index (κ1) is 15.9. The summed E-state index contributed by atoms with van der Waals surface area (Å²) in [6.07, 6.45) is 0.114. The fourth-order valence-corrected chi connectivity index (χ4v) is 1.60. The number of ketones is 1. The van der Waals surface area contributed by atoms with Crippen LogP contribution in [0.25, 0.3) is 0 Å². The second kappa shape index (κ2) is 7.44. The van der Waals surface area contributed by atoms with Crippen molar-refractivity contribution in [2.45, 2.75) is 27.2 Å². The van der Waals surface area contributed by atoms with Crippen molar-refractivity contribution in [2.24, 2.45) is 11.8 Å². The highest BCUT2D eigenvalue weighted by molar-refractivity contribution is 5.98. The fourth-order valence-electron chi connectivity index (χ4n) is 1.60. The molecule has 0 bridgehead atoms. The molecule has 0 saturated carbocycles. The highest BCUT2D eigenvalue weighted by Crippen LogP contribution is 2.13. The predicted octanol–water partition coefficient (Wildman–Crippen LogP) is 2.97. The average Bonchev–Trinajstić information content (AvgIpc) is 2.44. The number of carbonyl (C=O) groups excluding carboxylic acids is 2. The predicted molar refractivity (Wildman–Crippen MR) is 75.1 cm³/mol. The van der Waals surface area contributed by atoms with Gasteiger partial charge in [-0.05, 0) is 18.1 Å². The summed E-state index contributed by atoms with van der Waals surface area (Å²) in [5.74, 6) is -0.651. The highest BCUT2D eigenvalue weighted by Gasteiger charge is 2.19. The molecule has 1 aromatic carbocycles. The Morgan fingerprint density at radius 2 is 1.80 bits per heavy atom. The summed E-state index contributed by atoms with van der Waals surface area (Å²) in [5.41, 5.74) is 1.01. The lowest BCUT2D eigenvalue weighted by molar-refractivity contribution is -0.148. The van der Waals surface area contributed by atoms with Crippen LogP contribution in [0.15, 0.2) is 24.3 Å². The first-order valence-corrected chi connectivity index (χ1v) is 6.64. The molecule has 0 aliphatic carbocycles. The number of Topliss-reactive ketones (excluding diaryl/α,β-unsaturated/α-hetero) is 1. The zero-order valence-electron chi connectivity index (χ0n) is 12.1. The normalized spacial score (nSPS) is 11.8. The summed E-state index contributed by atoms with van der Waals surface area (Å²) in [6.45, 7) is 5.97. The van der Waals surface area contributed by atoms with Gasteiger partial charge in [0.2, 0.25) is 0 Å². The van der Waals surface area contributed by atoms with Gasteiger partial charge in [-0.2, -0.15) is 5.26 Å². The molecule has 0 heterocycles. The summed E-state index contributed by atoms with van der Waals surface area (Å²) < 4.78 is 5.10. The number of rotatable bonds is 6. The lowest BCUT2D eigenvalue weighted by atomic mass is 9.99. The molecule has 0 aliphatic rings. The fraction of sp³-hybridized carbons (Fsp3) is 0.438. The van der Waals surface area contributed by atoms with E-state index in [0.29, 0.717) is 17.7 Å². The molecule has 0 fully saturated rings. The van der Waals surface area contributed by atoms with Crippen LogP contribution in [0.2, 0.25) is 0 Å². The van der Waals surface area contributed by atoms with Gasteiger partial charge in [0.05, 0.1) is 24.2 Å². The topological polar surface area (TPSA) is 67.2 Å². The molecule has 1 atom stereocenters. The molecule has 0 spiro atoms. The molecule has 0 N–H and O–H groups in total. The van der Waals surface area contributed by atoms with Crippen LogP contribution < -0.4 is 0 Å². The maximum atomic E-state index is 12.0. The molecule has 20 heavy (non-hydrogen) atoms. The number of nitriles is 1. The van der Waals surface area contributed by atoms with E-state index >= 15 is 0 Å². The Hall–Kier alpha value is -2.15. The molecule has 0 unspecified atom stereocenters. The van der Waals surface area contributed by atoms with Gasteiger partial charge in [-0.3, -0.25) is 9.59 Å². The van der Waals surface area contributed by atoms with Crippen LogP contribution in [-0.4, -0.2) is 18.4 Å². The molecule has 1 aromatic rings. The second-order valence-corrected chi connectivity index (χ2v) is 5.24. The van der Waals surface area contributed by atoms with Crippen molar-refractivity contribution in [1.82, 2.24) is 0 Å². The smallest absolute Gasteiger partial charge is 0.309 e. The molecule has 0 aliphatic heterocycles. The quantitative estimate of drug-likeness (QED) is 0.590. The molecule has 1 rings (SSSR count). The van der Waals surface area contributed by atoms with Crippen LogP contribution in [0.1, 0.15) is 43.1 Å². The van der Waals surface area contributed by atoms with Crippen molar-refractivity contribution in [3.8, 4) is 6.07 Å². The molecule has 106 valence electrons. The van der Waals surface area contributed by atoms with E-state index in [0.717, 1.165) is 0 Å². The van der Waals surface area contributed by atoms with Crippen LogP contribution in [0.3, 0.4) is 0 Å². The Labute approximate surface area is 119 Å². The zero-order chi connectivity index (χ0) is 15.1. The summed E-state index contributed by atoms with van der Waals surface area (Å²) in [6, 6.07) is 8.39. The molecular weight excluding hydrogens is 254 g/mol. The summed E-state index contributed by atoms with van der Waals surface area (Å²) in [5, 5.41) is 8.69. The largest absolute Gasteiger partial charge is 0.465 e. The van der Waals surface area contributed by atoms with Gasteiger partial charge in [0, 0.05) is 12.0 Å².